The number of esters is 2. The summed E-state index contributed by atoms with van der Waals surface area (Å²) in [5, 5.41) is 11.9. The molecule has 9 heteroatoms. The van der Waals surface area contributed by atoms with Gasteiger partial charge in [-0.25, -0.2) is 0 Å². The second-order valence-corrected chi connectivity index (χ2v) is 30.8. The number of carboxylic acid groups (broad SMARTS) is 1. The Morgan fingerprint density at radius 2 is 0.537 bits per heavy atom. The van der Waals surface area contributed by atoms with E-state index >= 15 is 0 Å². The van der Waals surface area contributed by atoms with Gasteiger partial charge in [0.1, 0.15) is 13.2 Å². The second-order valence-electron chi connectivity index (χ2n) is 30.8. The van der Waals surface area contributed by atoms with Crippen LogP contribution in [0.15, 0.2) is 12.2 Å². The summed E-state index contributed by atoms with van der Waals surface area (Å²) >= 11 is 0. The molecule has 0 aromatic heterocycles. The average molecular weight is 1340 g/mol. The highest BCUT2D eigenvalue weighted by Crippen LogP contribution is 2.21. The molecule has 0 saturated heterocycles. The van der Waals surface area contributed by atoms with Gasteiger partial charge in [0.15, 0.2) is 12.4 Å². The molecule has 0 spiro atoms. The van der Waals surface area contributed by atoms with Crippen LogP contribution in [0.5, 0.6) is 0 Å². The molecule has 0 bridgehead atoms. The van der Waals surface area contributed by atoms with Crippen LogP contribution in [-0.2, 0) is 33.3 Å². The molecule has 564 valence electrons. The summed E-state index contributed by atoms with van der Waals surface area (Å²) in [6, 6.07) is 0. The lowest BCUT2D eigenvalue weighted by Crippen LogP contribution is -2.44. The molecule has 2 unspecified atom stereocenters. The van der Waals surface area contributed by atoms with Crippen LogP contribution in [0.25, 0.3) is 0 Å². The number of unbranched alkanes of at least 4 members (excludes halogenated alkanes) is 65. The number of carbonyl (C=O) groups excluding carboxylic acids is 3. The SMILES string of the molecule is CCCCCCCCCC/C=C\CCCCCCCCCCCCCCCCCCCCCCCCCCCCCCCC(=O)OC(COC(=O)CCCCCCCCCCCCCCCCCCCCCCCCCCCCCCC)COC(OCC[N+](C)(C)C)C(=O)[O-]. The number of carbonyl (C=O) groups is 3. The van der Waals surface area contributed by atoms with E-state index in [9.17, 15) is 19.5 Å². The Kier molecular flexibility index (Phi) is 76.1. The maximum Gasteiger partial charge on any atom is 0.306 e. The molecule has 2 atom stereocenters. The molecule has 9 nitrogen and oxygen atoms in total. The standard InChI is InChI=1S/C86H167NO8/c1-6-8-10-12-14-16-18-20-22-24-26-28-30-32-34-36-37-38-39-40-41-42-43-44-45-46-47-49-51-53-55-57-59-61-63-65-67-69-71-73-75-77-84(89)95-82(81-94-86(85(90)91)92-79-78-87(3,4)5)80-93-83(88)76-74-72-70-68-66-64-62-60-58-56-54-52-50-48-35-33-31-29-27-25-23-21-19-17-15-13-11-9-7-2/h24,26,82,86H,6-23,25,27-81H2,1-5H3/b26-24-. The van der Waals surface area contributed by atoms with Gasteiger partial charge in [0.2, 0.25) is 0 Å². The van der Waals surface area contributed by atoms with Gasteiger partial charge in [-0.1, -0.05) is 424 Å². The van der Waals surface area contributed by atoms with E-state index in [1.165, 1.54) is 398 Å². The van der Waals surface area contributed by atoms with Crippen molar-refractivity contribution < 1.29 is 42.9 Å². The van der Waals surface area contributed by atoms with Gasteiger partial charge in [-0.05, 0) is 38.5 Å². The van der Waals surface area contributed by atoms with Crippen molar-refractivity contribution in [3.8, 4) is 0 Å². The third-order valence-electron chi connectivity index (χ3n) is 20.0. The van der Waals surface area contributed by atoms with Crippen molar-refractivity contribution in [2.24, 2.45) is 0 Å². The van der Waals surface area contributed by atoms with Gasteiger partial charge in [-0.15, -0.1) is 0 Å². The maximum absolute atomic E-state index is 13.0. The summed E-state index contributed by atoms with van der Waals surface area (Å²) in [5.41, 5.74) is 0. The van der Waals surface area contributed by atoms with E-state index in [2.05, 4.69) is 26.0 Å². The van der Waals surface area contributed by atoms with Crippen molar-refractivity contribution in [1.82, 2.24) is 0 Å². The Hall–Kier alpha value is -1.97. The van der Waals surface area contributed by atoms with Crippen molar-refractivity contribution in [1.29, 1.82) is 0 Å². The molecule has 0 saturated carbocycles. The smallest absolute Gasteiger partial charge is 0.306 e. The number of quaternary nitrogens is 1. The Bertz CT molecular complexity index is 1560. The minimum Gasteiger partial charge on any atom is -0.545 e. The summed E-state index contributed by atoms with van der Waals surface area (Å²) in [4.78, 5) is 37.6. The van der Waals surface area contributed by atoms with Crippen molar-refractivity contribution >= 4 is 17.9 Å². The zero-order valence-corrected chi connectivity index (χ0v) is 64.8. The van der Waals surface area contributed by atoms with Gasteiger partial charge < -0.3 is 33.3 Å². The Morgan fingerprint density at radius 3 is 0.779 bits per heavy atom. The molecule has 0 aromatic carbocycles. The Morgan fingerprint density at radius 1 is 0.305 bits per heavy atom. The van der Waals surface area contributed by atoms with E-state index in [0.717, 1.165) is 38.5 Å². The first-order valence-corrected chi connectivity index (χ1v) is 42.8. The van der Waals surface area contributed by atoms with Crippen LogP contribution < -0.4 is 5.11 Å². The quantitative estimate of drug-likeness (QED) is 0.0195. The first-order chi connectivity index (χ1) is 46.6. The van der Waals surface area contributed by atoms with Crippen LogP contribution in [0, 0.1) is 0 Å². The highest BCUT2D eigenvalue weighted by molar-refractivity contribution is 5.70. The largest absolute Gasteiger partial charge is 0.545 e. The molecule has 0 aliphatic carbocycles. The minimum absolute atomic E-state index is 0.153. The van der Waals surface area contributed by atoms with E-state index < -0.39 is 24.3 Å². The number of rotatable bonds is 82. The lowest BCUT2D eigenvalue weighted by Gasteiger charge is -2.26. The summed E-state index contributed by atoms with van der Waals surface area (Å²) in [6.45, 7) is 4.85. The summed E-state index contributed by atoms with van der Waals surface area (Å²) in [7, 11) is 5.96. The Balaban J connectivity index is 3.89. The highest BCUT2D eigenvalue weighted by atomic mass is 16.7. The molecular weight excluding hydrogens is 1170 g/mol. The first-order valence-electron chi connectivity index (χ1n) is 42.8. The predicted octanol–water partition coefficient (Wildman–Crippen LogP) is 26.2. The molecular formula is C86H167NO8. The van der Waals surface area contributed by atoms with Gasteiger partial charge in [-0.2, -0.15) is 0 Å². The number of hydrogen-bond acceptors (Lipinski definition) is 8. The molecule has 0 fully saturated rings. The first kappa shape index (κ1) is 93.0. The van der Waals surface area contributed by atoms with Crippen molar-refractivity contribution in [3.63, 3.8) is 0 Å². The van der Waals surface area contributed by atoms with Gasteiger partial charge >= 0.3 is 11.9 Å². The van der Waals surface area contributed by atoms with Crippen LogP contribution in [0.3, 0.4) is 0 Å². The Labute approximate surface area is 593 Å². The summed E-state index contributed by atoms with van der Waals surface area (Å²) in [5.74, 6) is -2.24. The topological polar surface area (TPSA) is 111 Å². The van der Waals surface area contributed by atoms with Crippen molar-refractivity contribution in [2.45, 2.75) is 476 Å². The number of carboxylic acids is 1. The number of hydrogen-bond donors (Lipinski definition) is 0. The molecule has 0 aromatic rings. The van der Waals surface area contributed by atoms with Crippen molar-refractivity contribution in [3.05, 3.63) is 12.2 Å². The third-order valence-corrected chi connectivity index (χ3v) is 20.0. The highest BCUT2D eigenvalue weighted by Gasteiger charge is 2.22. The molecule has 95 heavy (non-hydrogen) atoms. The molecule has 0 amide bonds. The summed E-state index contributed by atoms with van der Waals surface area (Å²) in [6.07, 6.45) is 95.2. The monoisotopic (exact) mass is 1340 g/mol. The lowest BCUT2D eigenvalue weighted by molar-refractivity contribution is -0.870. The molecule has 0 rings (SSSR count). The van der Waals surface area contributed by atoms with Gasteiger partial charge in [0.05, 0.1) is 40.3 Å². The van der Waals surface area contributed by atoms with Crippen LogP contribution >= 0.6 is 0 Å². The molecule has 0 heterocycles. The predicted molar refractivity (Wildman–Crippen MR) is 408 cm³/mol. The van der Waals surface area contributed by atoms with E-state index in [0.29, 0.717) is 17.4 Å². The van der Waals surface area contributed by atoms with Crippen LogP contribution in [0.1, 0.15) is 463 Å². The molecule has 0 aliphatic rings. The van der Waals surface area contributed by atoms with E-state index in [1.54, 1.807) is 0 Å². The molecule has 0 radical (unpaired) electrons. The number of allylic oxidation sites excluding steroid dienone is 2. The van der Waals surface area contributed by atoms with E-state index in [-0.39, 0.29) is 32.2 Å². The number of nitrogens with zero attached hydrogens (tertiary/aromatic N) is 1. The van der Waals surface area contributed by atoms with Gasteiger partial charge in [-0.3, -0.25) is 9.59 Å². The van der Waals surface area contributed by atoms with E-state index in [1.807, 2.05) is 21.1 Å². The number of likely N-dealkylation sites (N-methyl/N-ethyl adjacent to an activating group) is 1. The minimum atomic E-state index is -1.62. The zero-order chi connectivity index (χ0) is 69.0. The van der Waals surface area contributed by atoms with Crippen molar-refractivity contribution in [2.75, 3.05) is 47.5 Å². The van der Waals surface area contributed by atoms with Crippen LogP contribution in [0.4, 0.5) is 0 Å². The zero-order valence-electron chi connectivity index (χ0n) is 64.8. The fourth-order valence-electron chi connectivity index (χ4n) is 13.5. The third kappa shape index (κ3) is 79.2. The maximum atomic E-state index is 13.0. The molecule has 0 aliphatic heterocycles. The van der Waals surface area contributed by atoms with Gasteiger partial charge in [0.25, 0.3) is 0 Å². The second kappa shape index (κ2) is 77.8. The normalized spacial score (nSPS) is 12.6. The summed E-state index contributed by atoms with van der Waals surface area (Å²) < 4.78 is 22.9. The van der Waals surface area contributed by atoms with Crippen LogP contribution in [0.2, 0.25) is 0 Å². The number of ether oxygens (including phenoxy) is 4. The van der Waals surface area contributed by atoms with Crippen LogP contribution in [-0.4, -0.2) is 82.3 Å². The number of aliphatic carboxylic acids is 1. The molecule has 0 N–H and O–H groups in total. The fourth-order valence-corrected chi connectivity index (χ4v) is 13.5. The van der Waals surface area contributed by atoms with Gasteiger partial charge in [0, 0.05) is 12.8 Å². The fraction of sp³-hybridized carbons (Fsp3) is 0.942. The lowest BCUT2D eigenvalue weighted by atomic mass is 10.0. The average Bonchev–Trinajstić information content (AvgIpc) is 3.54. The van der Waals surface area contributed by atoms with E-state index in [4.69, 9.17) is 18.9 Å².